The van der Waals surface area contributed by atoms with E-state index in [-0.39, 0.29) is 12.5 Å². The maximum atomic E-state index is 11.9. The summed E-state index contributed by atoms with van der Waals surface area (Å²) >= 11 is 0. The smallest absolute Gasteiger partial charge is 0.376 e. The van der Waals surface area contributed by atoms with Crippen molar-refractivity contribution in [2.45, 2.75) is 19.5 Å². The third-order valence-electron chi connectivity index (χ3n) is 2.82. The first-order valence-electron chi connectivity index (χ1n) is 7.48. The number of hydrogen-bond acceptors (Lipinski definition) is 4. The SMILES string of the molecule is CCCNC(=O)c1cccc(NCC(=O)NC(=O)NCC(F)(F)F)c1. The van der Waals surface area contributed by atoms with E-state index in [1.54, 1.807) is 23.5 Å². The van der Waals surface area contributed by atoms with Crippen molar-refractivity contribution >= 4 is 23.5 Å². The average Bonchev–Trinajstić information content (AvgIpc) is 2.55. The molecule has 0 spiro atoms. The van der Waals surface area contributed by atoms with Crippen molar-refractivity contribution < 1.29 is 27.6 Å². The summed E-state index contributed by atoms with van der Waals surface area (Å²) in [6.45, 7) is 0.571. The van der Waals surface area contributed by atoms with E-state index in [9.17, 15) is 27.6 Å². The summed E-state index contributed by atoms with van der Waals surface area (Å²) in [5.41, 5.74) is 0.844. The van der Waals surface area contributed by atoms with Crippen LogP contribution < -0.4 is 21.3 Å². The zero-order valence-corrected chi connectivity index (χ0v) is 13.5. The fraction of sp³-hybridized carbons (Fsp3) is 0.400. The number of benzene rings is 1. The number of urea groups is 1. The van der Waals surface area contributed by atoms with Crippen molar-refractivity contribution in [1.82, 2.24) is 16.0 Å². The minimum Gasteiger partial charge on any atom is -0.376 e. The molecule has 1 aromatic rings. The Hall–Kier alpha value is -2.78. The van der Waals surface area contributed by atoms with Crippen molar-refractivity contribution in [1.29, 1.82) is 0 Å². The molecule has 1 aromatic carbocycles. The molecule has 0 saturated heterocycles. The molecule has 0 fully saturated rings. The van der Waals surface area contributed by atoms with Crippen molar-refractivity contribution in [3.05, 3.63) is 29.8 Å². The first kappa shape index (κ1) is 20.3. The summed E-state index contributed by atoms with van der Waals surface area (Å²) < 4.78 is 35.8. The molecule has 0 radical (unpaired) electrons. The molecule has 0 unspecified atom stereocenters. The number of carbonyl (C=O) groups excluding carboxylic acids is 3. The molecule has 7 nitrogen and oxygen atoms in total. The van der Waals surface area contributed by atoms with Gasteiger partial charge in [-0.1, -0.05) is 13.0 Å². The Labute approximate surface area is 142 Å². The Kier molecular flexibility index (Phi) is 7.70. The second kappa shape index (κ2) is 9.50. The third-order valence-corrected chi connectivity index (χ3v) is 2.82. The van der Waals surface area contributed by atoms with E-state index >= 15 is 0 Å². The van der Waals surface area contributed by atoms with Gasteiger partial charge in [0.15, 0.2) is 0 Å². The van der Waals surface area contributed by atoms with Crippen LogP contribution in [0.1, 0.15) is 23.7 Å². The second-order valence-corrected chi connectivity index (χ2v) is 5.04. The first-order valence-corrected chi connectivity index (χ1v) is 7.48. The molecule has 0 atom stereocenters. The van der Waals surface area contributed by atoms with Crippen LogP contribution in [0.5, 0.6) is 0 Å². The van der Waals surface area contributed by atoms with Crippen LogP contribution in [0.15, 0.2) is 24.3 Å². The number of nitrogens with one attached hydrogen (secondary N) is 4. The summed E-state index contributed by atoms with van der Waals surface area (Å²) in [4.78, 5) is 34.5. The van der Waals surface area contributed by atoms with Gasteiger partial charge in [0, 0.05) is 17.8 Å². The fourth-order valence-corrected chi connectivity index (χ4v) is 1.69. The van der Waals surface area contributed by atoms with Crippen LogP contribution in [0.3, 0.4) is 0 Å². The Morgan fingerprint density at radius 3 is 2.48 bits per heavy atom. The number of anilines is 1. The normalized spacial score (nSPS) is 10.7. The van der Waals surface area contributed by atoms with Crippen molar-refractivity contribution in [2.75, 3.05) is 25.0 Å². The summed E-state index contributed by atoms with van der Waals surface area (Å²) in [6, 6.07) is 5.09. The van der Waals surface area contributed by atoms with Gasteiger partial charge < -0.3 is 16.0 Å². The van der Waals surface area contributed by atoms with Crippen LogP contribution in [0.25, 0.3) is 0 Å². The molecule has 1 rings (SSSR count). The molecule has 0 aromatic heterocycles. The number of imide groups is 1. The molecule has 0 heterocycles. The molecule has 10 heteroatoms. The monoisotopic (exact) mass is 360 g/mol. The highest BCUT2D eigenvalue weighted by molar-refractivity contribution is 5.97. The van der Waals surface area contributed by atoms with Crippen molar-refractivity contribution in [3.63, 3.8) is 0 Å². The molecule has 0 aliphatic rings. The topological polar surface area (TPSA) is 99.3 Å². The molecule has 4 amide bonds. The quantitative estimate of drug-likeness (QED) is 0.594. The van der Waals surface area contributed by atoms with Gasteiger partial charge in [-0.15, -0.1) is 0 Å². The van der Waals surface area contributed by atoms with Gasteiger partial charge in [0.2, 0.25) is 5.91 Å². The lowest BCUT2D eigenvalue weighted by Crippen LogP contribution is -2.45. The minimum atomic E-state index is -4.56. The fourth-order valence-electron chi connectivity index (χ4n) is 1.69. The molecule has 0 aliphatic heterocycles. The summed E-state index contributed by atoms with van der Waals surface area (Å²) in [7, 11) is 0. The van der Waals surface area contributed by atoms with Gasteiger partial charge >= 0.3 is 12.2 Å². The largest absolute Gasteiger partial charge is 0.405 e. The van der Waals surface area contributed by atoms with E-state index < -0.39 is 24.7 Å². The molecule has 0 saturated carbocycles. The average molecular weight is 360 g/mol. The van der Waals surface area contributed by atoms with Gasteiger partial charge in [-0.05, 0) is 24.6 Å². The summed E-state index contributed by atoms with van der Waals surface area (Å²) in [5.74, 6) is -1.08. The minimum absolute atomic E-state index is 0.263. The van der Waals surface area contributed by atoms with Gasteiger partial charge in [0.05, 0.1) is 6.54 Å². The van der Waals surface area contributed by atoms with Crippen LogP contribution in [-0.2, 0) is 4.79 Å². The molecule has 25 heavy (non-hydrogen) atoms. The number of carbonyl (C=O) groups is 3. The highest BCUT2D eigenvalue weighted by Gasteiger charge is 2.27. The highest BCUT2D eigenvalue weighted by Crippen LogP contribution is 2.12. The second-order valence-electron chi connectivity index (χ2n) is 5.04. The van der Waals surface area contributed by atoms with E-state index in [1.165, 1.54) is 11.4 Å². The molecule has 138 valence electrons. The van der Waals surface area contributed by atoms with Crippen LogP contribution in [0.2, 0.25) is 0 Å². The van der Waals surface area contributed by atoms with E-state index in [2.05, 4.69) is 10.6 Å². The lowest BCUT2D eigenvalue weighted by molar-refractivity contribution is -0.124. The van der Waals surface area contributed by atoms with Gasteiger partial charge in [0.1, 0.15) is 6.54 Å². The predicted octanol–water partition coefficient (Wildman–Crippen LogP) is 1.63. The number of halogens is 3. The summed E-state index contributed by atoms with van der Waals surface area (Å²) in [5, 5.41) is 8.66. The van der Waals surface area contributed by atoms with Crippen molar-refractivity contribution in [3.8, 4) is 0 Å². The lowest BCUT2D eigenvalue weighted by atomic mass is 10.2. The maximum absolute atomic E-state index is 11.9. The Balaban J connectivity index is 2.45. The van der Waals surface area contributed by atoms with Gasteiger partial charge in [0.25, 0.3) is 5.91 Å². The standard InChI is InChI=1S/C15H19F3N4O3/c1-2-6-19-13(24)10-4-3-5-11(7-10)20-8-12(23)22-14(25)21-9-15(16,17)18/h3-5,7,20H,2,6,8-9H2,1H3,(H,19,24)(H2,21,22,23,25). The van der Waals surface area contributed by atoms with E-state index in [0.717, 1.165) is 6.42 Å². The van der Waals surface area contributed by atoms with Crippen LogP contribution >= 0.6 is 0 Å². The molecule has 4 N–H and O–H groups in total. The zero-order chi connectivity index (χ0) is 18.9. The maximum Gasteiger partial charge on any atom is 0.405 e. The Morgan fingerprint density at radius 2 is 1.84 bits per heavy atom. The van der Waals surface area contributed by atoms with Crippen LogP contribution in [-0.4, -0.2) is 43.7 Å². The van der Waals surface area contributed by atoms with Crippen LogP contribution in [0, 0.1) is 0 Å². The third kappa shape index (κ3) is 8.58. The summed E-state index contributed by atoms with van der Waals surface area (Å²) in [6.07, 6.45) is -3.77. The first-order chi connectivity index (χ1) is 11.7. The lowest BCUT2D eigenvalue weighted by Gasteiger charge is -2.10. The van der Waals surface area contributed by atoms with Gasteiger partial charge in [-0.3, -0.25) is 14.9 Å². The van der Waals surface area contributed by atoms with Gasteiger partial charge in [-0.25, -0.2) is 4.79 Å². The van der Waals surface area contributed by atoms with E-state index in [4.69, 9.17) is 0 Å². The highest BCUT2D eigenvalue weighted by atomic mass is 19.4. The van der Waals surface area contributed by atoms with Gasteiger partial charge in [-0.2, -0.15) is 13.2 Å². The number of alkyl halides is 3. The molecular formula is C15H19F3N4O3. The number of rotatable bonds is 7. The Morgan fingerprint density at radius 1 is 1.12 bits per heavy atom. The van der Waals surface area contributed by atoms with E-state index in [1.807, 2.05) is 6.92 Å². The molecular weight excluding hydrogens is 341 g/mol. The van der Waals surface area contributed by atoms with E-state index in [0.29, 0.717) is 17.8 Å². The predicted molar refractivity (Wildman–Crippen MR) is 85.2 cm³/mol. The van der Waals surface area contributed by atoms with Crippen molar-refractivity contribution in [2.24, 2.45) is 0 Å². The number of hydrogen-bond donors (Lipinski definition) is 4. The zero-order valence-electron chi connectivity index (χ0n) is 13.5. The van der Waals surface area contributed by atoms with Crippen LogP contribution in [0.4, 0.5) is 23.7 Å². The number of amides is 4. The Bertz CT molecular complexity index is 620. The molecule has 0 aliphatic carbocycles. The molecule has 0 bridgehead atoms.